The summed E-state index contributed by atoms with van der Waals surface area (Å²) in [6.45, 7) is 6.86. The van der Waals surface area contributed by atoms with Crippen LogP contribution >= 0.6 is 12.2 Å². The summed E-state index contributed by atoms with van der Waals surface area (Å²) in [6, 6.07) is 0. The largest absolute Gasteiger partial charge is 0.366 e. The van der Waals surface area contributed by atoms with Crippen LogP contribution in [0, 0.1) is 5.41 Å². The van der Waals surface area contributed by atoms with E-state index in [9.17, 15) is 0 Å². The Balaban J connectivity index is 2.41. The van der Waals surface area contributed by atoms with Gasteiger partial charge in [0.25, 0.3) is 0 Å². The molecule has 0 aromatic heterocycles. The number of nitrogens with zero attached hydrogens (tertiary/aromatic N) is 1. The van der Waals surface area contributed by atoms with Crippen LogP contribution in [0.15, 0.2) is 0 Å². The molecule has 0 radical (unpaired) electrons. The van der Waals surface area contributed by atoms with E-state index in [0.717, 1.165) is 18.2 Å². The molecule has 1 rings (SSSR count). The fourth-order valence-electron chi connectivity index (χ4n) is 1.47. The zero-order valence-corrected chi connectivity index (χ0v) is 9.00. The van der Waals surface area contributed by atoms with Gasteiger partial charge in [0, 0.05) is 20.1 Å². The maximum atomic E-state index is 5.16. The summed E-state index contributed by atoms with van der Waals surface area (Å²) < 4.78 is 0. The first-order chi connectivity index (χ1) is 5.55. The quantitative estimate of drug-likeness (QED) is 0.579. The molecule has 1 heterocycles. The van der Waals surface area contributed by atoms with Gasteiger partial charge < -0.3 is 10.2 Å². The highest BCUT2D eigenvalue weighted by atomic mass is 32.1. The van der Waals surface area contributed by atoms with Crippen LogP contribution < -0.4 is 5.32 Å². The molecule has 0 atom stereocenters. The first kappa shape index (κ1) is 9.78. The van der Waals surface area contributed by atoms with Gasteiger partial charge in [0.05, 0.1) is 0 Å². The van der Waals surface area contributed by atoms with Gasteiger partial charge in [-0.15, -0.1) is 0 Å². The lowest BCUT2D eigenvalue weighted by atomic mass is 9.83. The molecule has 1 saturated heterocycles. The van der Waals surface area contributed by atoms with E-state index in [4.69, 9.17) is 12.2 Å². The molecule has 0 unspecified atom stereocenters. The van der Waals surface area contributed by atoms with Gasteiger partial charge in [0.15, 0.2) is 5.11 Å². The number of likely N-dealkylation sites (tertiary alicyclic amines) is 1. The van der Waals surface area contributed by atoms with Crippen molar-refractivity contribution < 1.29 is 0 Å². The first-order valence-electron chi connectivity index (χ1n) is 4.52. The fourth-order valence-corrected chi connectivity index (χ4v) is 1.66. The second-order valence-corrected chi connectivity index (χ2v) is 4.59. The van der Waals surface area contributed by atoms with E-state index in [-0.39, 0.29) is 0 Å². The monoisotopic (exact) mass is 186 g/mol. The lowest BCUT2D eigenvalue weighted by Gasteiger charge is -2.37. The van der Waals surface area contributed by atoms with E-state index >= 15 is 0 Å². The number of hydrogen-bond donors (Lipinski definition) is 1. The topological polar surface area (TPSA) is 15.3 Å². The zero-order chi connectivity index (χ0) is 9.19. The minimum atomic E-state index is 0.514. The Kier molecular flexibility index (Phi) is 2.94. The van der Waals surface area contributed by atoms with Gasteiger partial charge in [-0.25, -0.2) is 0 Å². The van der Waals surface area contributed by atoms with Gasteiger partial charge in [-0.3, -0.25) is 0 Å². The predicted molar refractivity (Wildman–Crippen MR) is 56.2 cm³/mol. The van der Waals surface area contributed by atoms with Crippen molar-refractivity contribution in [3.63, 3.8) is 0 Å². The molecule has 2 nitrogen and oxygen atoms in total. The molecule has 0 saturated carbocycles. The summed E-state index contributed by atoms with van der Waals surface area (Å²) in [5, 5.41) is 3.91. The van der Waals surface area contributed by atoms with Crippen LogP contribution in [0.2, 0.25) is 0 Å². The lowest BCUT2D eigenvalue weighted by molar-refractivity contribution is 0.188. The van der Waals surface area contributed by atoms with E-state index in [1.807, 2.05) is 7.05 Å². The number of hydrogen-bond acceptors (Lipinski definition) is 1. The standard InChI is InChI=1S/C9H18N2S/c1-9(2)4-6-11(7-5-9)8(12)10-3/h4-7H2,1-3H3,(H,10,12). The van der Waals surface area contributed by atoms with E-state index in [1.54, 1.807) is 0 Å². The normalized spacial score (nSPS) is 22.1. The maximum absolute atomic E-state index is 5.16. The van der Waals surface area contributed by atoms with Gasteiger partial charge in [-0.1, -0.05) is 13.8 Å². The summed E-state index contributed by atoms with van der Waals surface area (Å²) >= 11 is 5.16. The summed E-state index contributed by atoms with van der Waals surface area (Å²) in [4.78, 5) is 2.25. The fraction of sp³-hybridized carbons (Fsp3) is 0.889. The smallest absolute Gasteiger partial charge is 0.168 e. The molecule has 0 aromatic carbocycles. The Labute approximate surface area is 80.3 Å². The van der Waals surface area contributed by atoms with Gasteiger partial charge >= 0.3 is 0 Å². The summed E-state index contributed by atoms with van der Waals surface area (Å²) in [5.74, 6) is 0. The van der Waals surface area contributed by atoms with E-state index < -0.39 is 0 Å². The second-order valence-electron chi connectivity index (χ2n) is 4.21. The molecule has 1 N–H and O–H groups in total. The van der Waals surface area contributed by atoms with Crippen molar-refractivity contribution in [2.45, 2.75) is 26.7 Å². The molecule has 0 aromatic rings. The third-order valence-corrected chi connectivity index (χ3v) is 3.08. The highest BCUT2D eigenvalue weighted by molar-refractivity contribution is 7.80. The Hall–Kier alpha value is -0.310. The van der Waals surface area contributed by atoms with Gasteiger partial charge in [0.2, 0.25) is 0 Å². The van der Waals surface area contributed by atoms with E-state index in [2.05, 4.69) is 24.1 Å². The van der Waals surface area contributed by atoms with Crippen LogP contribution in [0.3, 0.4) is 0 Å². The molecule has 12 heavy (non-hydrogen) atoms. The number of rotatable bonds is 0. The SMILES string of the molecule is CNC(=S)N1CCC(C)(C)CC1. The Morgan fingerprint density at radius 2 is 1.83 bits per heavy atom. The van der Waals surface area contributed by atoms with E-state index in [1.165, 1.54) is 12.8 Å². The Morgan fingerprint density at radius 1 is 1.33 bits per heavy atom. The Morgan fingerprint density at radius 3 is 2.25 bits per heavy atom. The van der Waals surface area contributed by atoms with Crippen molar-refractivity contribution >= 4 is 17.3 Å². The van der Waals surface area contributed by atoms with Crippen LogP contribution in [0.4, 0.5) is 0 Å². The number of thiocarbonyl (C=S) groups is 1. The molecule has 3 heteroatoms. The highest BCUT2D eigenvalue weighted by Crippen LogP contribution is 2.29. The summed E-state index contributed by atoms with van der Waals surface area (Å²) in [6.07, 6.45) is 2.49. The summed E-state index contributed by atoms with van der Waals surface area (Å²) in [7, 11) is 1.89. The van der Waals surface area contributed by atoms with Crippen molar-refractivity contribution in [2.24, 2.45) is 5.41 Å². The molecule has 1 fully saturated rings. The van der Waals surface area contributed by atoms with Crippen molar-refractivity contribution in [3.05, 3.63) is 0 Å². The highest BCUT2D eigenvalue weighted by Gasteiger charge is 2.25. The predicted octanol–water partition coefficient (Wildman–Crippen LogP) is 1.61. The summed E-state index contributed by atoms with van der Waals surface area (Å²) in [5.41, 5.74) is 0.514. The maximum Gasteiger partial charge on any atom is 0.168 e. The third kappa shape index (κ3) is 2.34. The lowest BCUT2D eigenvalue weighted by Crippen LogP contribution is -2.44. The molecule has 70 valence electrons. The molecular weight excluding hydrogens is 168 g/mol. The second kappa shape index (κ2) is 3.60. The molecule has 1 aliphatic rings. The van der Waals surface area contributed by atoms with Crippen LogP contribution in [-0.4, -0.2) is 30.1 Å². The molecule has 1 aliphatic heterocycles. The zero-order valence-electron chi connectivity index (χ0n) is 8.18. The average Bonchev–Trinajstić information content (AvgIpc) is 2.03. The first-order valence-corrected chi connectivity index (χ1v) is 4.93. The van der Waals surface area contributed by atoms with Crippen molar-refractivity contribution in [1.29, 1.82) is 0 Å². The van der Waals surface area contributed by atoms with Gasteiger partial charge in [0.1, 0.15) is 0 Å². The third-order valence-electron chi connectivity index (χ3n) is 2.62. The van der Waals surface area contributed by atoms with Crippen LogP contribution in [0.1, 0.15) is 26.7 Å². The molecule has 0 aliphatic carbocycles. The van der Waals surface area contributed by atoms with Crippen molar-refractivity contribution in [2.75, 3.05) is 20.1 Å². The molecular formula is C9H18N2S. The van der Waals surface area contributed by atoms with E-state index in [0.29, 0.717) is 5.41 Å². The molecule has 0 amide bonds. The minimum Gasteiger partial charge on any atom is -0.366 e. The van der Waals surface area contributed by atoms with Gasteiger partial charge in [-0.2, -0.15) is 0 Å². The number of piperidine rings is 1. The minimum absolute atomic E-state index is 0.514. The Bertz CT molecular complexity index is 167. The molecule has 0 spiro atoms. The molecule has 0 bridgehead atoms. The van der Waals surface area contributed by atoms with Crippen LogP contribution in [0.5, 0.6) is 0 Å². The van der Waals surface area contributed by atoms with Crippen LogP contribution in [0.25, 0.3) is 0 Å². The average molecular weight is 186 g/mol. The van der Waals surface area contributed by atoms with Crippen molar-refractivity contribution in [1.82, 2.24) is 10.2 Å². The van der Waals surface area contributed by atoms with Gasteiger partial charge in [-0.05, 0) is 30.5 Å². The van der Waals surface area contributed by atoms with Crippen molar-refractivity contribution in [3.8, 4) is 0 Å². The number of nitrogens with one attached hydrogen (secondary N) is 1. The van der Waals surface area contributed by atoms with Crippen LogP contribution in [-0.2, 0) is 0 Å².